The van der Waals surface area contributed by atoms with Crippen molar-refractivity contribution in [3.05, 3.63) is 29.8 Å². The van der Waals surface area contributed by atoms with E-state index in [0.29, 0.717) is 0 Å². The first-order chi connectivity index (χ1) is 4.80. The number of nitrogens with two attached hydrogens (primary N) is 1. The molecule has 0 aromatic heterocycles. The van der Waals surface area contributed by atoms with Gasteiger partial charge in [-0.05, 0) is 18.6 Å². The smallest absolute Gasteiger partial charge is 0.0606 e. The van der Waals surface area contributed by atoms with Crippen molar-refractivity contribution >= 4 is 13.5 Å². The van der Waals surface area contributed by atoms with Gasteiger partial charge >= 0.3 is 0 Å². The molecule has 0 saturated heterocycles. The molecule has 0 aliphatic carbocycles. The molecular weight excluding hydrogens is 121 g/mol. The SMILES string of the molecule is Cc1ccccc1N.[B]C. The van der Waals surface area contributed by atoms with Crippen LogP contribution in [0.4, 0.5) is 5.69 Å². The third-order valence-corrected chi connectivity index (χ3v) is 1.19. The zero-order chi connectivity index (χ0) is 7.98. The number of nitrogen functional groups attached to an aromatic ring is 1. The van der Waals surface area contributed by atoms with Gasteiger partial charge in [-0.1, -0.05) is 25.0 Å². The Bertz CT molecular complexity index is 165. The van der Waals surface area contributed by atoms with E-state index in [1.54, 1.807) is 0 Å². The minimum Gasteiger partial charge on any atom is -0.399 e. The predicted octanol–water partition coefficient (Wildman–Crippen LogP) is 1.78. The van der Waals surface area contributed by atoms with Crippen molar-refractivity contribution < 1.29 is 0 Å². The first-order valence-corrected chi connectivity index (χ1v) is 3.19. The second kappa shape index (κ2) is 4.92. The third kappa shape index (κ3) is 2.58. The largest absolute Gasteiger partial charge is 0.399 e. The molecule has 1 nitrogen and oxygen atoms in total. The van der Waals surface area contributed by atoms with Crippen LogP contribution in [0.25, 0.3) is 0 Å². The number of rotatable bonds is 0. The van der Waals surface area contributed by atoms with Crippen LogP contribution in [-0.2, 0) is 0 Å². The first-order valence-electron chi connectivity index (χ1n) is 3.19. The topological polar surface area (TPSA) is 26.0 Å². The van der Waals surface area contributed by atoms with Crippen molar-refractivity contribution in [2.45, 2.75) is 13.7 Å². The maximum atomic E-state index is 5.52. The Morgan fingerprint density at radius 1 is 1.20 bits per heavy atom. The van der Waals surface area contributed by atoms with Gasteiger partial charge in [0, 0.05) is 5.69 Å². The number of anilines is 1. The Morgan fingerprint density at radius 3 is 2.00 bits per heavy atom. The summed E-state index contributed by atoms with van der Waals surface area (Å²) in [6.07, 6.45) is 0. The molecule has 0 heterocycles. The van der Waals surface area contributed by atoms with Crippen molar-refractivity contribution in [2.24, 2.45) is 0 Å². The van der Waals surface area contributed by atoms with Gasteiger partial charge in [0.05, 0.1) is 7.85 Å². The molecule has 0 atom stereocenters. The summed E-state index contributed by atoms with van der Waals surface area (Å²) in [4.78, 5) is 0. The molecular formula is C8H12BN. The minimum atomic E-state index is 0.868. The normalized spacial score (nSPS) is 7.80. The Labute approximate surface area is 63.7 Å². The molecule has 1 aromatic carbocycles. The Kier molecular flexibility index (Phi) is 4.47. The summed E-state index contributed by atoms with van der Waals surface area (Å²) < 4.78 is 0. The Hall–Kier alpha value is -0.915. The summed E-state index contributed by atoms with van der Waals surface area (Å²) >= 11 is 0. The van der Waals surface area contributed by atoms with Crippen LogP contribution in [0.2, 0.25) is 6.82 Å². The summed E-state index contributed by atoms with van der Waals surface area (Å²) in [7, 11) is 4.50. The van der Waals surface area contributed by atoms with E-state index in [2.05, 4.69) is 7.85 Å². The summed E-state index contributed by atoms with van der Waals surface area (Å²) in [6, 6.07) is 7.80. The van der Waals surface area contributed by atoms with Gasteiger partial charge in [0.15, 0.2) is 0 Å². The van der Waals surface area contributed by atoms with E-state index < -0.39 is 0 Å². The molecule has 0 amide bonds. The molecule has 0 fully saturated rings. The van der Waals surface area contributed by atoms with Gasteiger partial charge in [-0.2, -0.15) is 0 Å². The molecule has 10 heavy (non-hydrogen) atoms. The monoisotopic (exact) mass is 133 g/mol. The van der Waals surface area contributed by atoms with E-state index >= 15 is 0 Å². The van der Waals surface area contributed by atoms with E-state index in [0.717, 1.165) is 11.3 Å². The molecule has 0 spiro atoms. The van der Waals surface area contributed by atoms with Crippen molar-refractivity contribution in [1.82, 2.24) is 0 Å². The van der Waals surface area contributed by atoms with E-state index in [9.17, 15) is 0 Å². The third-order valence-electron chi connectivity index (χ3n) is 1.19. The second-order valence-corrected chi connectivity index (χ2v) is 1.86. The standard InChI is InChI=1S/C7H9N.CH3B/c1-6-4-2-3-5-7(6)8;1-2/h2-5H,8H2,1H3;1H3. The molecule has 0 aliphatic heterocycles. The van der Waals surface area contributed by atoms with Crippen molar-refractivity contribution in [2.75, 3.05) is 5.73 Å². The van der Waals surface area contributed by atoms with Gasteiger partial charge in [-0.25, -0.2) is 0 Å². The molecule has 0 unspecified atom stereocenters. The van der Waals surface area contributed by atoms with E-state index in [-0.39, 0.29) is 0 Å². The van der Waals surface area contributed by atoms with Crippen LogP contribution in [-0.4, -0.2) is 7.85 Å². The summed E-state index contributed by atoms with van der Waals surface area (Å²) in [5, 5.41) is 0. The minimum absolute atomic E-state index is 0.868. The molecule has 1 aromatic rings. The maximum absolute atomic E-state index is 5.52. The number of hydrogen-bond donors (Lipinski definition) is 1. The van der Waals surface area contributed by atoms with E-state index in [1.165, 1.54) is 6.82 Å². The summed E-state index contributed by atoms with van der Waals surface area (Å²) in [5.41, 5.74) is 7.53. The lowest BCUT2D eigenvalue weighted by atomic mass is 10.2. The molecule has 0 aliphatic rings. The zero-order valence-electron chi connectivity index (χ0n) is 6.46. The van der Waals surface area contributed by atoms with Gasteiger partial charge < -0.3 is 5.73 Å². The Morgan fingerprint density at radius 2 is 1.70 bits per heavy atom. The lowest BCUT2D eigenvalue weighted by Gasteiger charge is -1.93. The van der Waals surface area contributed by atoms with Crippen LogP contribution in [0, 0.1) is 6.92 Å². The van der Waals surface area contributed by atoms with E-state index in [4.69, 9.17) is 5.73 Å². The lowest BCUT2D eigenvalue weighted by Crippen LogP contribution is -1.85. The fourth-order valence-electron chi connectivity index (χ4n) is 0.587. The number of aryl methyl sites for hydroxylation is 1. The van der Waals surface area contributed by atoms with Crippen LogP contribution in [0.5, 0.6) is 0 Å². The van der Waals surface area contributed by atoms with Crippen molar-refractivity contribution in [3.8, 4) is 0 Å². The highest BCUT2D eigenvalue weighted by Gasteiger charge is 1.84. The average Bonchev–Trinajstić information content (AvgIpc) is 2.00. The van der Waals surface area contributed by atoms with Gasteiger partial charge in [0.25, 0.3) is 0 Å². The summed E-state index contributed by atoms with van der Waals surface area (Å²) in [5.74, 6) is 0. The molecule has 0 saturated carbocycles. The van der Waals surface area contributed by atoms with Gasteiger partial charge in [0.1, 0.15) is 0 Å². The second-order valence-electron chi connectivity index (χ2n) is 1.86. The highest BCUT2D eigenvalue weighted by molar-refractivity contribution is 6.05. The molecule has 1 rings (SSSR count). The molecule has 2 heteroatoms. The van der Waals surface area contributed by atoms with Crippen LogP contribution >= 0.6 is 0 Å². The van der Waals surface area contributed by atoms with Crippen molar-refractivity contribution in [3.63, 3.8) is 0 Å². The van der Waals surface area contributed by atoms with Gasteiger partial charge in [0.2, 0.25) is 0 Å². The fourth-order valence-corrected chi connectivity index (χ4v) is 0.587. The highest BCUT2D eigenvalue weighted by atomic mass is 14.5. The highest BCUT2D eigenvalue weighted by Crippen LogP contribution is 2.06. The first kappa shape index (κ1) is 9.08. The van der Waals surface area contributed by atoms with Crippen LogP contribution in [0.3, 0.4) is 0 Å². The predicted molar refractivity (Wildman–Crippen MR) is 47.2 cm³/mol. The maximum Gasteiger partial charge on any atom is 0.0606 e. The quantitative estimate of drug-likeness (QED) is 0.423. The fraction of sp³-hybridized carbons (Fsp3) is 0.250. The molecule has 2 N–H and O–H groups in total. The van der Waals surface area contributed by atoms with Crippen LogP contribution in [0.1, 0.15) is 5.56 Å². The summed E-state index contributed by atoms with van der Waals surface area (Å²) in [6.45, 7) is 3.50. The van der Waals surface area contributed by atoms with Gasteiger partial charge in [-0.3, -0.25) is 0 Å². The zero-order valence-corrected chi connectivity index (χ0v) is 6.46. The molecule has 52 valence electrons. The number of benzene rings is 1. The van der Waals surface area contributed by atoms with E-state index in [1.807, 2.05) is 31.2 Å². The van der Waals surface area contributed by atoms with Crippen LogP contribution in [0.15, 0.2) is 24.3 Å². The van der Waals surface area contributed by atoms with Crippen molar-refractivity contribution in [1.29, 1.82) is 0 Å². The average molecular weight is 133 g/mol. The van der Waals surface area contributed by atoms with Gasteiger partial charge in [-0.15, -0.1) is 0 Å². The number of para-hydroxylation sites is 1. The molecule has 2 radical (unpaired) electrons. The number of hydrogen-bond acceptors (Lipinski definition) is 1. The van der Waals surface area contributed by atoms with Crippen LogP contribution < -0.4 is 5.73 Å². The Balaban J connectivity index is 0.000000371. The lowest BCUT2D eigenvalue weighted by molar-refractivity contribution is 1.47. The molecule has 0 bridgehead atoms.